The van der Waals surface area contributed by atoms with Crippen molar-refractivity contribution in [3.05, 3.63) is 69.7 Å². The molecule has 3 aliphatic heterocycles. The average Bonchev–Trinajstić information content (AvgIpc) is 3.40. The van der Waals surface area contributed by atoms with Gasteiger partial charge in [-0.05, 0) is 35.7 Å². The van der Waals surface area contributed by atoms with E-state index >= 15 is 0 Å². The molecule has 0 radical (unpaired) electrons. The van der Waals surface area contributed by atoms with Gasteiger partial charge in [0.2, 0.25) is 0 Å². The third kappa shape index (κ3) is 3.22. The number of carbonyl (C=O) groups is 1. The molecule has 1 saturated heterocycles. The third-order valence-electron chi connectivity index (χ3n) is 7.61. The van der Waals surface area contributed by atoms with E-state index < -0.39 is 73.3 Å². The monoisotopic (exact) mass is 530 g/mol. The Morgan fingerprint density at radius 1 is 0.921 bits per heavy atom. The molecule has 7 N–H and O–H groups in total. The number of aliphatic hydroxyl groups is 5. The number of hydrogen-bond acceptors (Lipinski definition) is 12. The van der Waals surface area contributed by atoms with Gasteiger partial charge in [0.1, 0.15) is 35.9 Å². The van der Waals surface area contributed by atoms with Crippen molar-refractivity contribution < 1.29 is 59.5 Å². The largest absolute Gasteiger partial charge is 0.507 e. The summed E-state index contributed by atoms with van der Waals surface area (Å²) in [6.45, 7) is 0.439. The number of carbonyl (C=O) groups excluding carboxylic acids is 1. The lowest BCUT2D eigenvalue weighted by Gasteiger charge is -2.47. The maximum atomic E-state index is 12.5. The molecule has 0 saturated carbocycles. The molecule has 2 aromatic rings. The Labute approximate surface area is 215 Å². The number of phenolic OH excluding ortho intramolecular Hbond substituents is 2. The third-order valence-corrected chi connectivity index (χ3v) is 7.61. The highest BCUT2D eigenvalue weighted by Crippen LogP contribution is 2.60. The Morgan fingerprint density at radius 3 is 2.34 bits per heavy atom. The van der Waals surface area contributed by atoms with Crippen molar-refractivity contribution in [3.63, 3.8) is 0 Å². The topological polar surface area (TPSA) is 196 Å². The van der Waals surface area contributed by atoms with Crippen LogP contribution in [0.25, 0.3) is 0 Å². The van der Waals surface area contributed by atoms with Gasteiger partial charge in [-0.1, -0.05) is 18.2 Å². The van der Waals surface area contributed by atoms with Crippen LogP contribution < -0.4 is 0 Å². The minimum atomic E-state index is -2.04. The fraction of sp³-hybridized carbons (Fsp3) is 0.423. The molecule has 2 aromatic carbocycles. The molecular formula is C26H26O12. The Bertz CT molecular complexity index is 1350. The molecule has 38 heavy (non-hydrogen) atoms. The summed E-state index contributed by atoms with van der Waals surface area (Å²) >= 11 is 0. The van der Waals surface area contributed by atoms with Gasteiger partial charge < -0.3 is 54.7 Å². The van der Waals surface area contributed by atoms with Crippen LogP contribution in [0.5, 0.6) is 11.5 Å². The van der Waals surface area contributed by atoms with Gasteiger partial charge >= 0.3 is 11.8 Å². The van der Waals surface area contributed by atoms with Gasteiger partial charge in [-0.2, -0.15) is 0 Å². The number of aromatic hydroxyl groups is 2. The molecule has 4 aliphatic rings. The highest BCUT2D eigenvalue weighted by atomic mass is 16.8. The van der Waals surface area contributed by atoms with E-state index in [9.17, 15) is 40.5 Å². The standard InChI is InChI=1S/C26H26O12/c1-9-22-24(25(34)35-9)38-26(37-22)17-11(3-2-4-13(17)29)16(12-5-10(7-27)6-14(30)18(12)26)23-21(33)20(32)19(31)15(8-28)36-23/h2-6,9,15-16,19-21,23,27-33H,7-8H2,1H3/t9?,15-,16?,19-,20+,21-,23?,26?/m1/s1. The normalized spacial score (nSPS) is 35.3. The fourth-order valence-corrected chi connectivity index (χ4v) is 5.93. The number of fused-ring (bicyclic) bond motifs is 4. The summed E-state index contributed by atoms with van der Waals surface area (Å²) in [6.07, 6.45) is -8.31. The zero-order valence-corrected chi connectivity index (χ0v) is 20.0. The van der Waals surface area contributed by atoms with Crippen LogP contribution in [0.1, 0.15) is 40.7 Å². The molecule has 6 rings (SSSR count). The van der Waals surface area contributed by atoms with Gasteiger partial charge in [-0.15, -0.1) is 0 Å². The lowest BCUT2D eigenvalue weighted by atomic mass is 9.69. The number of benzene rings is 2. The second-order valence-electron chi connectivity index (χ2n) is 9.81. The SMILES string of the molecule is CC1OC(=O)C2=C1OC1(O2)c2c(O)cccc2C(C2O[C@H](CO)[C@@H](O)[C@H](O)[C@H]2O)c2cc(CO)cc(O)c21. The highest BCUT2D eigenvalue weighted by Gasteiger charge is 2.62. The quantitative estimate of drug-likeness (QED) is 0.247. The van der Waals surface area contributed by atoms with E-state index in [1.165, 1.54) is 24.3 Å². The minimum Gasteiger partial charge on any atom is -0.507 e. The van der Waals surface area contributed by atoms with Crippen LogP contribution in [-0.2, 0) is 36.1 Å². The van der Waals surface area contributed by atoms with Crippen LogP contribution in [0.15, 0.2) is 41.9 Å². The lowest BCUT2D eigenvalue weighted by Crippen LogP contribution is -2.60. The first-order chi connectivity index (χ1) is 18.1. The van der Waals surface area contributed by atoms with E-state index in [-0.39, 0.29) is 39.5 Å². The van der Waals surface area contributed by atoms with Gasteiger partial charge in [-0.25, -0.2) is 4.79 Å². The summed E-state index contributed by atoms with van der Waals surface area (Å²) in [7, 11) is 0. The molecule has 4 unspecified atom stereocenters. The highest BCUT2D eigenvalue weighted by molar-refractivity contribution is 5.90. The molecule has 3 heterocycles. The number of cyclic esters (lactones) is 1. The number of esters is 1. The van der Waals surface area contributed by atoms with E-state index in [2.05, 4.69) is 0 Å². The van der Waals surface area contributed by atoms with E-state index in [1.54, 1.807) is 13.0 Å². The zero-order chi connectivity index (χ0) is 27.1. The lowest BCUT2D eigenvalue weighted by molar-refractivity contribution is -0.233. The van der Waals surface area contributed by atoms with Crippen LogP contribution in [-0.4, -0.2) is 84.9 Å². The first kappa shape index (κ1) is 24.9. The molecule has 1 fully saturated rings. The van der Waals surface area contributed by atoms with Crippen LogP contribution in [0.3, 0.4) is 0 Å². The summed E-state index contributed by atoms with van der Waals surface area (Å²) in [4.78, 5) is 12.5. The van der Waals surface area contributed by atoms with Crippen molar-refractivity contribution in [2.24, 2.45) is 0 Å². The summed E-state index contributed by atoms with van der Waals surface area (Å²) in [5.41, 5.74) is 0.786. The van der Waals surface area contributed by atoms with Gasteiger partial charge in [0, 0.05) is 5.92 Å². The molecule has 0 bridgehead atoms. The van der Waals surface area contributed by atoms with Gasteiger partial charge in [0.25, 0.3) is 5.76 Å². The molecule has 8 atom stereocenters. The Morgan fingerprint density at radius 2 is 1.66 bits per heavy atom. The van der Waals surface area contributed by atoms with Crippen molar-refractivity contribution >= 4 is 5.97 Å². The molecule has 12 heteroatoms. The van der Waals surface area contributed by atoms with E-state index in [1.807, 2.05) is 0 Å². The zero-order valence-electron chi connectivity index (χ0n) is 20.0. The minimum absolute atomic E-state index is 0.0101. The molecular weight excluding hydrogens is 504 g/mol. The van der Waals surface area contributed by atoms with Crippen LogP contribution >= 0.6 is 0 Å². The molecule has 12 nitrogen and oxygen atoms in total. The summed E-state index contributed by atoms with van der Waals surface area (Å²) in [5, 5.41) is 74.0. The first-order valence-electron chi connectivity index (χ1n) is 12.1. The summed E-state index contributed by atoms with van der Waals surface area (Å²) < 4.78 is 23.4. The molecule has 0 aromatic heterocycles. The van der Waals surface area contributed by atoms with Crippen molar-refractivity contribution in [2.45, 2.75) is 61.9 Å². The second kappa shape index (κ2) is 8.56. The maximum Gasteiger partial charge on any atom is 0.378 e. The second-order valence-corrected chi connectivity index (χ2v) is 9.81. The van der Waals surface area contributed by atoms with Crippen molar-refractivity contribution in [2.75, 3.05) is 6.61 Å². The smallest absolute Gasteiger partial charge is 0.378 e. The van der Waals surface area contributed by atoms with Crippen molar-refractivity contribution in [1.29, 1.82) is 0 Å². The van der Waals surface area contributed by atoms with Gasteiger partial charge in [0.15, 0.2) is 11.9 Å². The summed E-state index contributed by atoms with van der Waals surface area (Å²) in [6, 6.07) is 7.26. The van der Waals surface area contributed by atoms with Crippen LogP contribution in [0.2, 0.25) is 0 Å². The van der Waals surface area contributed by atoms with Crippen LogP contribution in [0.4, 0.5) is 0 Å². The van der Waals surface area contributed by atoms with E-state index in [0.717, 1.165) is 0 Å². The number of ether oxygens (including phenoxy) is 4. The molecule has 1 spiro atoms. The Hall–Kier alpha value is -3.39. The van der Waals surface area contributed by atoms with E-state index in [4.69, 9.17) is 18.9 Å². The van der Waals surface area contributed by atoms with Gasteiger partial charge in [-0.3, -0.25) is 0 Å². The number of hydrogen-bond donors (Lipinski definition) is 7. The van der Waals surface area contributed by atoms with Crippen molar-refractivity contribution in [1.82, 2.24) is 0 Å². The molecule has 1 aliphatic carbocycles. The fourth-order valence-electron chi connectivity index (χ4n) is 5.93. The molecule has 0 amide bonds. The number of aliphatic hydroxyl groups excluding tert-OH is 5. The van der Waals surface area contributed by atoms with Crippen molar-refractivity contribution in [3.8, 4) is 11.5 Å². The molecule has 202 valence electrons. The summed E-state index contributed by atoms with van der Waals surface area (Å²) in [5.74, 6) is -4.76. The maximum absolute atomic E-state index is 12.5. The predicted molar refractivity (Wildman–Crippen MR) is 123 cm³/mol. The van der Waals surface area contributed by atoms with Gasteiger partial charge in [0.05, 0.1) is 30.4 Å². The first-order valence-corrected chi connectivity index (χ1v) is 12.1. The van der Waals surface area contributed by atoms with E-state index in [0.29, 0.717) is 5.56 Å². The predicted octanol–water partition coefficient (Wildman–Crippen LogP) is -0.717. The number of phenols is 2. The Balaban J connectivity index is 1.61. The average molecular weight is 530 g/mol. The van der Waals surface area contributed by atoms with Crippen LogP contribution in [0, 0.1) is 0 Å². The number of rotatable bonds is 3. The Kier molecular flexibility index (Phi) is 5.61.